The SMILES string of the molecule is CC(C)c1ccc2c(c1)[C@@]1(C)CCC[C@](C)(CNCC(=O)N(CC(N)=O)[C@@H](C)C3CCCCC3)[C@@H]1CC2. The molecule has 1 aromatic carbocycles. The Morgan fingerprint density at radius 3 is 2.46 bits per heavy atom. The molecule has 37 heavy (non-hydrogen) atoms. The van der Waals surface area contributed by atoms with Crippen molar-refractivity contribution in [1.82, 2.24) is 10.2 Å². The van der Waals surface area contributed by atoms with Gasteiger partial charge in [-0.05, 0) is 90.7 Å². The van der Waals surface area contributed by atoms with Crippen molar-refractivity contribution in [3.8, 4) is 0 Å². The van der Waals surface area contributed by atoms with Crippen LogP contribution in [0.1, 0.15) is 115 Å². The van der Waals surface area contributed by atoms with Gasteiger partial charge < -0.3 is 16.0 Å². The largest absolute Gasteiger partial charge is 0.368 e. The molecule has 0 aliphatic heterocycles. The Morgan fingerprint density at radius 2 is 1.78 bits per heavy atom. The Labute approximate surface area is 225 Å². The lowest BCUT2D eigenvalue weighted by Gasteiger charge is -2.56. The molecule has 0 saturated heterocycles. The first-order chi connectivity index (χ1) is 17.5. The van der Waals surface area contributed by atoms with Crippen LogP contribution in [-0.2, 0) is 21.4 Å². The van der Waals surface area contributed by atoms with E-state index in [0.717, 1.165) is 25.8 Å². The summed E-state index contributed by atoms with van der Waals surface area (Å²) in [6.45, 7) is 12.7. The average molecular weight is 510 g/mol. The van der Waals surface area contributed by atoms with Crippen LogP contribution >= 0.6 is 0 Å². The fourth-order valence-corrected chi connectivity index (χ4v) is 8.24. The van der Waals surface area contributed by atoms with E-state index in [1.54, 1.807) is 10.5 Å². The molecule has 2 saturated carbocycles. The molecular formula is C32H51N3O2. The van der Waals surface area contributed by atoms with Gasteiger partial charge in [0.2, 0.25) is 11.8 Å². The Hall–Kier alpha value is -1.88. The van der Waals surface area contributed by atoms with E-state index in [1.165, 1.54) is 56.1 Å². The maximum atomic E-state index is 13.4. The number of carbonyl (C=O) groups excluding carboxylic acids is 2. The van der Waals surface area contributed by atoms with Gasteiger partial charge in [-0.15, -0.1) is 0 Å². The highest BCUT2D eigenvalue weighted by Gasteiger charge is 2.51. The Balaban J connectivity index is 1.44. The molecule has 0 heterocycles. The molecule has 0 bridgehead atoms. The highest BCUT2D eigenvalue weighted by molar-refractivity contribution is 5.85. The molecule has 2 amide bonds. The van der Waals surface area contributed by atoms with Crippen molar-refractivity contribution in [3.05, 3.63) is 34.9 Å². The van der Waals surface area contributed by atoms with E-state index in [9.17, 15) is 9.59 Å². The lowest BCUT2D eigenvalue weighted by atomic mass is 9.49. The predicted octanol–water partition coefficient (Wildman–Crippen LogP) is 5.69. The molecule has 0 radical (unpaired) electrons. The maximum Gasteiger partial charge on any atom is 0.237 e. The van der Waals surface area contributed by atoms with Crippen LogP contribution in [0.25, 0.3) is 0 Å². The molecule has 5 nitrogen and oxygen atoms in total. The Morgan fingerprint density at radius 1 is 1.05 bits per heavy atom. The number of amides is 2. The van der Waals surface area contributed by atoms with E-state index < -0.39 is 5.91 Å². The van der Waals surface area contributed by atoms with Gasteiger partial charge in [0.25, 0.3) is 0 Å². The Bertz CT molecular complexity index is 969. The van der Waals surface area contributed by atoms with Crippen LogP contribution < -0.4 is 11.1 Å². The van der Waals surface area contributed by atoms with Crippen molar-refractivity contribution < 1.29 is 9.59 Å². The number of hydrogen-bond acceptors (Lipinski definition) is 3. The number of nitrogens with one attached hydrogen (secondary N) is 1. The molecule has 4 rings (SSSR count). The van der Waals surface area contributed by atoms with E-state index in [4.69, 9.17) is 5.73 Å². The summed E-state index contributed by atoms with van der Waals surface area (Å²) < 4.78 is 0. The van der Waals surface area contributed by atoms with Crippen LogP contribution in [0.4, 0.5) is 0 Å². The lowest BCUT2D eigenvalue weighted by Crippen LogP contribution is -2.54. The fourth-order valence-electron chi connectivity index (χ4n) is 8.24. The van der Waals surface area contributed by atoms with Gasteiger partial charge in [-0.3, -0.25) is 9.59 Å². The van der Waals surface area contributed by atoms with Gasteiger partial charge in [-0.2, -0.15) is 0 Å². The van der Waals surface area contributed by atoms with E-state index >= 15 is 0 Å². The summed E-state index contributed by atoms with van der Waals surface area (Å²) in [6, 6.07) is 7.27. The number of rotatable bonds is 9. The fraction of sp³-hybridized carbons (Fsp3) is 0.750. The van der Waals surface area contributed by atoms with Crippen LogP contribution in [0, 0.1) is 17.3 Å². The molecule has 3 aliphatic carbocycles. The van der Waals surface area contributed by atoms with Crippen molar-refractivity contribution in [2.45, 2.75) is 116 Å². The van der Waals surface area contributed by atoms with E-state index in [2.05, 4.69) is 58.1 Å². The van der Waals surface area contributed by atoms with Crippen LogP contribution in [0.3, 0.4) is 0 Å². The summed E-state index contributed by atoms with van der Waals surface area (Å²) in [7, 11) is 0. The molecular weight excluding hydrogens is 458 g/mol. The second-order valence-electron chi connectivity index (χ2n) is 13.3. The van der Waals surface area contributed by atoms with E-state index in [1.807, 2.05) is 0 Å². The molecule has 3 N–H and O–H groups in total. The molecule has 0 unspecified atom stereocenters. The third-order valence-electron chi connectivity index (χ3n) is 10.4. The molecule has 2 fully saturated rings. The smallest absolute Gasteiger partial charge is 0.237 e. The number of nitrogens with zero attached hydrogens (tertiary/aromatic N) is 1. The second kappa shape index (κ2) is 11.5. The first kappa shape index (κ1) is 28.1. The predicted molar refractivity (Wildman–Crippen MR) is 151 cm³/mol. The Kier molecular flexibility index (Phi) is 8.72. The summed E-state index contributed by atoms with van der Waals surface area (Å²) >= 11 is 0. The third kappa shape index (κ3) is 5.92. The van der Waals surface area contributed by atoms with Gasteiger partial charge >= 0.3 is 0 Å². The quantitative estimate of drug-likeness (QED) is 0.449. The highest BCUT2D eigenvalue weighted by Crippen LogP contribution is 2.57. The summed E-state index contributed by atoms with van der Waals surface area (Å²) in [4.78, 5) is 27.0. The number of nitrogens with two attached hydrogens (primary N) is 1. The van der Waals surface area contributed by atoms with Gasteiger partial charge in [0, 0.05) is 12.6 Å². The number of hydrogen-bond donors (Lipinski definition) is 2. The number of carbonyl (C=O) groups is 2. The average Bonchev–Trinajstić information content (AvgIpc) is 2.87. The number of benzene rings is 1. The zero-order chi connectivity index (χ0) is 26.8. The molecule has 0 spiro atoms. The zero-order valence-electron chi connectivity index (χ0n) is 24.1. The van der Waals surface area contributed by atoms with Crippen molar-refractivity contribution in [2.75, 3.05) is 19.6 Å². The van der Waals surface area contributed by atoms with Gasteiger partial charge in [0.15, 0.2) is 0 Å². The summed E-state index contributed by atoms with van der Waals surface area (Å²) in [5.41, 5.74) is 10.4. The summed E-state index contributed by atoms with van der Waals surface area (Å²) in [5.74, 6) is 1.18. The summed E-state index contributed by atoms with van der Waals surface area (Å²) in [5, 5.41) is 3.57. The van der Waals surface area contributed by atoms with Crippen molar-refractivity contribution >= 4 is 11.8 Å². The first-order valence-electron chi connectivity index (χ1n) is 15.0. The van der Waals surface area contributed by atoms with Gasteiger partial charge in [0.1, 0.15) is 0 Å². The van der Waals surface area contributed by atoms with Crippen molar-refractivity contribution in [1.29, 1.82) is 0 Å². The molecule has 0 aromatic heterocycles. The normalized spacial score (nSPS) is 28.9. The van der Waals surface area contributed by atoms with Crippen LogP contribution in [0.5, 0.6) is 0 Å². The van der Waals surface area contributed by atoms with Gasteiger partial charge in [-0.25, -0.2) is 0 Å². The van der Waals surface area contributed by atoms with Crippen LogP contribution in [0.2, 0.25) is 0 Å². The van der Waals surface area contributed by atoms with Gasteiger partial charge in [-0.1, -0.05) is 71.6 Å². The zero-order valence-corrected chi connectivity index (χ0v) is 24.1. The minimum atomic E-state index is -0.423. The molecule has 3 aliphatic rings. The van der Waals surface area contributed by atoms with Gasteiger partial charge in [0.05, 0.1) is 13.1 Å². The lowest BCUT2D eigenvalue weighted by molar-refractivity contribution is -0.138. The maximum absolute atomic E-state index is 13.4. The minimum Gasteiger partial charge on any atom is -0.368 e. The standard InChI is InChI=1S/C32H51N3O2/c1-22(2)26-13-12-25-14-15-28-31(4,16-9-17-32(28,5)27(25)18-26)21-34-19-30(37)35(20-29(33)36)23(3)24-10-7-6-8-11-24/h12-13,18,22-24,28,34H,6-11,14-17,19-21H2,1-5H3,(H2,33,36)/t23-,28-,31+,32+/m0/s1. The topological polar surface area (TPSA) is 75.4 Å². The van der Waals surface area contributed by atoms with Crippen LogP contribution in [-0.4, -0.2) is 42.4 Å². The molecule has 4 atom stereocenters. The van der Waals surface area contributed by atoms with Crippen molar-refractivity contribution in [2.24, 2.45) is 23.0 Å². The first-order valence-corrected chi connectivity index (χ1v) is 15.0. The van der Waals surface area contributed by atoms with Crippen LogP contribution in [0.15, 0.2) is 18.2 Å². The van der Waals surface area contributed by atoms with E-state index in [0.29, 0.717) is 17.8 Å². The molecule has 1 aromatic rings. The second-order valence-corrected chi connectivity index (χ2v) is 13.3. The number of aryl methyl sites for hydroxylation is 1. The minimum absolute atomic E-state index is 0.00890. The van der Waals surface area contributed by atoms with Crippen molar-refractivity contribution in [3.63, 3.8) is 0 Å². The molecule has 5 heteroatoms. The number of fused-ring (bicyclic) bond motifs is 3. The highest BCUT2D eigenvalue weighted by atomic mass is 16.2. The third-order valence-corrected chi connectivity index (χ3v) is 10.4. The van der Waals surface area contributed by atoms with E-state index in [-0.39, 0.29) is 35.9 Å². The molecule has 206 valence electrons. The number of primary amides is 1. The summed E-state index contributed by atoms with van der Waals surface area (Å²) in [6.07, 6.45) is 12.0. The monoisotopic (exact) mass is 509 g/mol.